The van der Waals surface area contributed by atoms with Crippen molar-refractivity contribution in [3.05, 3.63) is 80.4 Å². The van der Waals surface area contributed by atoms with E-state index >= 15 is 0 Å². The van der Waals surface area contributed by atoms with Crippen molar-refractivity contribution in [3.8, 4) is 5.75 Å². The number of anilines is 1. The first kappa shape index (κ1) is 25.5. The number of rotatable bonds is 8. The van der Waals surface area contributed by atoms with E-state index in [1.54, 1.807) is 25.3 Å². The molecule has 9 heteroatoms. The number of methoxy groups -OCH3 is 1. The topological polar surface area (TPSA) is 78.9 Å². The molecule has 1 spiro atoms. The van der Waals surface area contributed by atoms with E-state index in [4.69, 9.17) is 27.9 Å². The maximum Gasteiger partial charge on any atom is 0.291 e. The van der Waals surface area contributed by atoms with Gasteiger partial charge in [-0.1, -0.05) is 54.4 Å². The number of ether oxygens (including phenoxy) is 1. The standard InChI is InChI=1S/C26H26Cl2N2O4S/c1-4-5-17(27)12-15(2)30-24(32)22(31)23(35-14-16-6-9-19(34-3)10-7-16)26(30)20-11-8-18(28)13-21(20)29-25(26)33/h5-11,13,15,31H,4,12,14H2,1-3H3,(H,29,33)/b17-5+. The highest BCUT2D eigenvalue weighted by molar-refractivity contribution is 8.02. The van der Waals surface area contributed by atoms with Crippen LogP contribution in [0.1, 0.15) is 37.8 Å². The van der Waals surface area contributed by atoms with Crippen molar-refractivity contribution in [3.63, 3.8) is 0 Å². The van der Waals surface area contributed by atoms with Gasteiger partial charge in [-0.05, 0) is 43.2 Å². The second-order valence-electron chi connectivity index (χ2n) is 8.46. The molecule has 0 aliphatic carbocycles. The van der Waals surface area contributed by atoms with E-state index in [9.17, 15) is 14.7 Å². The molecule has 2 aromatic rings. The number of carbonyl (C=O) groups is 2. The molecule has 2 amide bonds. The SMILES string of the molecule is CC/C=C(/Cl)CC(C)N1C(=O)C(O)=C(SCc2ccc(OC)cc2)C12C(=O)Nc1cc(Cl)ccc12. The van der Waals surface area contributed by atoms with E-state index in [1.807, 2.05) is 44.2 Å². The third-order valence-corrected chi connectivity index (χ3v) is 7.97. The van der Waals surface area contributed by atoms with Crippen molar-refractivity contribution in [1.29, 1.82) is 0 Å². The molecule has 4 rings (SSSR count). The van der Waals surface area contributed by atoms with Crippen molar-refractivity contribution >= 4 is 52.5 Å². The minimum atomic E-state index is -1.51. The van der Waals surface area contributed by atoms with Gasteiger partial charge in [0.15, 0.2) is 11.3 Å². The summed E-state index contributed by atoms with van der Waals surface area (Å²) in [6.45, 7) is 3.80. The first-order valence-electron chi connectivity index (χ1n) is 11.2. The summed E-state index contributed by atoms with van der Waals surface area (Å²) < 4.78 is 5.22. The minimum absolute atomic E-state index is 0.291. The maximum absolute atomic E-state index is 13.7. The lowest BCUT2D eigenvalue weighted by Crippen LogP contribution is -2.54. The Labute approximate surface area is 218 Å². The molecule has 2 atom stereocenters. The highest BCUT2D eigenvalue weighted by Crippen LogP contribution is 2.56. The number of nitrogens with zero attached hydrogens (tertiary/aromatic N) is 1. The molecule has 0 fully saturated rings. The second-order valence-corrected chi connectivity index (χ2v) is 10.4. The molecule has 2 heterocycles. The number of nitrogens with one attached hydrogen (secondary N) is 1. The van der Waals surface area contributed by atoms with E-state index in [1.165, 1.54) is 16.7 Å². The number of benzene rings is 2. The van der Waals surface area contributed by atoms with Crippen LogP contribution in [0.15, 0.2) is 64.2 Å². The van der Waals surface area contributed by atoms with E-state index in [0.29, 0.717) is 38.4 Å². The van der Waals surface area contributed by atoms with Crippen LogP contribution >= 0.6 is 35.0 Å². The number of fused-ring (bicyclic) bond motifs is 2. The number of allylic oxidation sites excluding steroid dienone is 1. The molecular weight excluding hydrogens is 507 g/mol. The summed E-state index contributed by atoms with van der Waals surface area (Å²) in [5.74, 6) is -0.274. The average Bonchev–Trinajstić information content (AvgIpc) is 3.22. The molecule has 2 aliphatic rings. The number of amides is 2. The Kier molecular flexibility index (Phi) is 7.40. The average molecular weight is 533 g/mol. The van der Waals surface area contributed by atoms with Gasteiger partial charge in [0.25, 0.3) is 11.8 Å². The van der Waals surface area contributed by atoms with Crippen LogP contribution < -0.4 is 10.1 Å². The van der Waals surface area contributed by atoms with Crippen LogP contribution in [-0.4, -0.2) is 35.0 Å². The molecule has 0 saturated heterocycles. The van der Waals surface area contributed by atoms with Gasteiger partial charge in [-0.2, -0.15) is 0 Å². The number of carbonyl (C=O) groups excluding carboxylic acids is 2. The van der Waals surface area contributed by atoms with Crippen molar-refractivity contribution in [2.45, 2.75) is 44.0 Å². The molecule has 35 heavy (non-hydrogen) atoms. The Bertz CT molecular complexity index is 1230. The van der Waals surface area contributed by atoms with Crippen molar-refractivity contribution in [2.24, 2.45) is 0 Å². The lowest BCUT2D eigenvalue weighted by molar-refractivity contribution is -0.141. The predicted octanol–water partition coefficient (Wildman–Crippen LogP) is 6.35. The molecule has 0 radical (unpaired) electrons. The first-order valence-corrected chi connectivity index (χ1v) is 13.0. The number of thioether (sulfide) groups is 1. The Hall–Kier alpha value is -2.61. The fraction of sp³-hybridized carbons (Fsp3) is 0.308. The zero-order valence-corrected chi connectivity index (χ0v) is 21.9. The molecule has 0 saturated carbocycles. The van der Waals surface area contributed by atoms with Crippen molar-refractivity contribution < 1.29 is 19.4 Å². The Balaban J connectivity index is 1.79. The molecule has 184 valence electrons. The Morgan fingerprint density at radius 1 is 1.26 bits per heavy atom. The Morgan fingerprint density at radius 3 is 2.63 bits per heavy atom. The molecule has 0 aromatic heterocycles. The van der Waals surface area contributed by atoms with Crippen LogP contribution in [0.4, 0.5) is 5.69 Å². The first-order chi connectivity index (χ1) is 16.7. The molecule has 2 N–H and O–H groups in total. The van der Waals surface area contributed by atoms with Gasteiger partial charge in [-0.25, -0.2) is 0 Å². The summed E-state index contributed by atoms with van der Waals surface area (Å²) in [6, 6.07) is 12.1. The fourth-order valence-corrected chi connectivity index (χ4v) is 6.43. The number of aliphatic hydroxyl groups excluding tert-OH is 1. The third kappa shape index (κ3) is 4.41. The van der Waals surface area contributed by atoms with Crippen LogP contribution in [0.2, 0.25) is 5.02 Å². The summed E-state index contributed by atoms with van der Waals surface area (Å²) in [5, 5.41) is 15.0. The van der Waals surface area contributed by atoms with Gasteiger partial charge in [0.1, 0.15) is 5.75 Å². The molecule has 2 aliphatic heterocycles. The number of hydrogen-bond donors (Lipinski definition) is 2. The molecular formula is C26H26Cl2N2O4S. The van der Waals surface area contributed by atoms with Crippen LogP contribution in [0, 0.1) is 0 Å². The van der Waals surface area contributed by atoms with Gasteiger partial charge >= 0.3 is 0 Å². The summed E-state index contributed by atoms with van der Waals surface area (Å²) in [4.78, 5) is 29.0. The summed E-state index contributed by atoms with van der Waals surface area (Å²) >= 11 is 13.9. The predicted molar refractivity (Wildman–Crippen MR) is 141 cm³/mol. The number of halogens is 2. The lowest BCUT2D eigenvalue weighted by Gasteiger charge is -2.39. The number of hydrogen-bond acceptors (Lipinski definition) is 5. The van der Waals surface area contributed by atoms with E-state index in [-0.39, 0.29) is 0 Å². The smallest absolute Gasteiger partial charge is 0.291 e. The zero-order valence-electron chi connectivity index (χ0n) is 19.6. The second kappa shape index (κ2) is 10.2. The van der Waals surface area contributed by atoms with Gasteiger partial charge in [0.05, 0.1) is 12.0 Å². The van der Waals surface area contributed by atoms with Crippen molar-refractivity contribution in [2.75, 3.05) is 12.4 Å². The number of aliphatic hydroxyl groups is 1. The summed E-state index contributed by atoms with van der Waals surface area (Å²) in [6.07, 6.45) is 2.97. The van der Waals surface area contributed by atoms with Gasteiger partial charge in [0, 0.05) is 39.5 Å². The van der Waals surface area contributed by atoms with Gasteiger partial charge in [0.2, 0.25) is 0 Å². The maximum atomic E-state index is 13.7. The summed E-state index contributed by atoms with van der Waals surface area (Å²) in [7, 11) is 1.60. The van der Waals surface area contributed by atoms with Crippen LogP contribution in [0.3, 0.4) is 0 Å². The minimum Gasteiger partial charge on any atom is -0.502 e. The molecule has 2 aromatic carbocycles. The summed E-state index contributed by atoms with van der Waals surface area (Å²) in [5.41, 5.74) is 0.527. The van der Waals surface area contributed by atoms with E-state index < -0.39 is 29.2 Å². The lowest BCUT2D eigenvalue weighted by atomic mass is 9.89. The largest absolute Gasteiger partial charge is 0.502 e. The normalized spacial score (nSPS) is 20.5. The molecule has 2 unspecified atom stereocenters. The molecule has 6 nitrogen and oxygen atoms in total. The highest BCUT2D eigenvalue weighted by Gasteiger charge is 2.63. The quantitative estimate of drug-likeness (QED) is 0.413. The fourth-order valence-electron chi connectivity index (χ4n) is 4.64. The monoisotopic (exact) mass is 532 g/mol. The highest BCUT2D eigenvalue weighted by atomic mass is 35.5. The van der Waals surface area contributed by atoms with Crippen molar-refractivity contribution in [1.82, 2.24) is 4.90 Å². The third-order valence-electron chi connectivity index (χ3n) is 6.17. The zero-order chi connectivity index (χ0) is 25.3. The van der Waals surface area contributed by atoms with Crippen LogP contribution in [0.25, 0.3) is 0 Å². The van der Waals surface area contributed by atoms with E-state index in [2.05, 4.69) is 5.32 Å². The van der Waals surface area contributed by atoms with Crippen LogP contribution in [-0.2, 0) is 20.9 Å². The molecule has 0 bridgehead atoms. The Morgan fingerprint density at radius 2 is 1.97 bits per heavy atom. The van der Waals surface area contributed by atoms with E-state index in [0.717, 1.165) is 17.7 Å². The van der Waals surface area contributed by atoms with Gasteiger partial charge in [-0.15, -0.1) is 11.8 Å². The van der Waals surface area contributed by atoms with Crippen LogP contribution in [0.5, 0.6) is 5.75 Å². The van der Waals surface area contributed by atoms with Gasteiger partial charge in [-0.3, -0.25) is 9.59 Å². The van der Waals surface area contributed by atoms with Gasteiger partial charge < -0.3 is 20.1 Å².